The molecule has 296 valence electrons. The zero-order valence-electron chi connectivity index (χ0n) is 33.0. The number of aromatic nitrogens is 4. The minimum atomic E-state index is -4.22. The number of hydrogen-bond donors (Lipinski definition) is 1. The number of likely N-dealkylation sites (tertiary alicyclic amines) is 1. The maximum absolute atomic E-state index is 14.7. The van der Waals surface area contributed by atoms with Gasteiger partial charge >= 0.3 is 6.09 Å². The first kappa shape index (κ1) is 38.9. The van der Waals surface area contributed by atoms with Crippen molar-refractivity contribution in [3.8, 4) is 17.1 Å². The van der Waals surface area contributed by atoms with Gasteiger partial charge in [0.1, 0.15) is 12.4 Å². The molecule has 7 rings (SSSR count). The third kappa shape index (κ3) is 8.42. The van der Waals surface area contributed by atoms with Crippen molar-refractivity contribution >= 4 is 33.8 Å². The Morgan fingerprint density at radius 3 is 2.50 bits per heavy atom. The Morgan fingerprint density at radius 2 is 1.77 bits per heavy atom. The SMILES string of the molecule is Cc1cccc(C)c1-c1cc2nc(n1)NS(=O)(=O)c1cccc(c1)C(=O)N(Cc1cncc(N3CC[C@H]4CN(C(=O)OC(C)C)CC43)n1)[C@H](CC(C)(C)C)CO2. The van der Waals surface area contributed by atoms with E-state index in [2.05, 4.69) is 45.3 Å². The van der Waals surface area contributed by atoms with E-state index in [1.165, 1.54) is 12.1 Å². The van der Waals surface area contributed by atoms with E-state index in [0.29, 0.717) is 36.7 Å². The Hall–Kier alpha value is -5.31. The van der Waals surface area contributed by atoms with Gasteiger partial charge in [0.15, 0.2) is 0 Å². The van der Waals surface area contributed by atoms with Crippen molar-refractivity contribution in [1.29, 1.82) is 0 Å². The van der Waals surface area contributed by atoms with Crippen LogP contribution >= 0.6 is 0 Å². The minimum Gasteiger partial charge on any atom is -0.475 e. The van der Waals surface area contributed by atoms with Crippen LogP contribution in [0, 0.1) is 25.2 Å². The molecule has 0 aliphatic carbocycles. The molecular formula is C41H50N8O6S. The molecule has 2 fully saturated rings. The highest BCUT2D eigenvalue weighted by molar-refractivity contribution is 7.92. The van der Waals surface area contributed by atoms with Crippen molar-refractivity contribution < 1.29 is 27.5 Å². The van der Waals surface area contributed by atoms with Crippen LogP contribution in [0.1, 0.15) is 74.6 Å². The number of benzene rings is 2. The van der Waals surface area contributed by atoms with Crippen LogP contribution in [-0.4, -0.2) is 94.6 Å². The number of nitrogens with zero attached hydrogens (tertiary/aromatic N) is 7. The molecule has 15 heteroatoms. The molecule has 14 nitrogen and oxygen atoms in total. The fourth-order valence-electron chi connectivity index (χ4n) is 8.00. The lowest BCUT2D eigenvalue weighted by atomic mass is 9.87. The second kappa shape index (κ2) is 15.3. The smallest absolute Gasteiger partial charge is 0.410 e. The molecular weight excluding hydrogens is 733 g/mol. The molecule has 1 unspecified atom stereocenters. The highest BCUT2D eigenvalue weighted by Crippen LogP contribution is 2.36. The standard InChI is InChI=1S/C41H50N8O6S/c1-25(2)55-40(51)47-21-29-14-15-48(34(29)23-47)35-20-42-19-30(43-35)22-49-31(18-41(5,6)7)24-54-36-17-33(37-26(3)10-8-11-27(37)4)44-39(45-36)46-56(52,53)32-13-9-12-28(16-32)38(49)50/h8-13,16-17,19-20,25,29,31,34H,14-15,18,21-24H2,1-7H3,(H,44,45,46)/t29-,31+,34?/m0/s1. The lowest BCUT2D eigenvalue weighted by Gasteiger charge is -2.35. The van der Waals surface area contributed by atoms with E-state index >= 15 is 0 Å². The highest BCUT2D eigenvalue weighted by Gasteiger charge is 2.44. The number of aryl methyl sites for hydroxylation is 2. The van der Waals surface area contributed by atoms with Crippen LogP contribution in [0.4, 0.5) is 16.6 Å². The van der Waals surface area contributed by atoms with Gasteiger partial charge in [-0.3, -0.25) is 9.78 Å². The van der Waals surface area contributed by atoms with Gasteiger partial charge in [-0.2, -0.15) is 4.98 Å². The maximum atomic E-state index is 14.7. The number of carbonyl (C=O) groups excluding carboxylic acids is 2. The van der Waals surface area contributed by atoms with E-state index in [9.17, 15) is 18.0 Å². The number of amides is 2. The molecule has 2 saturated heterocycles. The first-order chi connectivity index (χ1) is 26.5. The van der Waals surface area contributed by atoms with E-state index in [-0.39, 0.29) is 70.9 Å². The molecule has 5 heterocycles. The monoisotopic (exact) mass is 782 g/mol. The van der Waals surface area contributed by atoms with Crippen LogP contribution < -0.4 is 14.4 Å². The number of carbonyl (C=O) groups is 2. The van der Waals surface area contributed by atoms with Crippen LogP contribution in [0.3, 0.4) is 0 Å². The second-order valence-electron chi connectivity index (χ2n) is 16.5. The van der Waals surface area contributed by atoms with Crippen LogP contribution in [-0.2, 0) is 21.3 Å². The topological polar surface area (TPSA) is 160 Å². The minimum absolute atomic E-state index is 0.0589. The zero-order chi connectivity index (χ0) is 39.9. The van der Waals surface area contributed by atoms with E-state index in [1.54, 1.807) is 40.4 Å². The molecule has 3 atom stereocenters. The number of anilines is 2. The fourth-order valence-corrected chi connectivity index (χ4v) is 8.99. The normalized spacial score (nSPS) is 20.8. The predicted molar refractivity (Wildman–Crippen MR) is 212 cm³/mol. The lowest BCUT2D eigenvalue weighted by molar-refractivity contribution is 0.0509. The van der Waals surface area contributed by atoms with Gasteiger partial charge < -0.3 is 24.2 Å². The summed E-state index contributed by atoms with van der Waals surface area (Å²) in [7, 11) is -4.22. The predicted octanol–water partition coefficient (Wildman–Crippen LogP) is 6.25. The molecule has 4 aromatic rings. The summed E-state index contributed by atoms with van der Waals surface area (Å²) in [4.78, 5) is 51.8. The van der Waals surface area contributed by atoms with Crippen molar-refractivity contribution in [1.82, 2.24) is 29.7 Å². The summed E-state index contributed by atoms with van der Waals surface area (Å²) in [5.41, 5.74) is 3.79. The Kier molecular flexibility index (Phi) is 10.7. The maximum Gasteiger partial charge on any atom is 0.410 e. The Balaban J connectivity index is 1.25. The molecule has 2 aromatic heterocycles. The van der Waals surface area contributed by atoms with Crippen LogP contribution in [0.2, 0.25) is 0 Å². The van der Waals surface area contributed by atoms with Gasteiger partial charge in [0.05, 0.1) is 53.4 Å². The lowest BCUT2D eigenvalue weighted by Crippen LogP contribution is -2.45. The van der Waals surface area contributed by atoms with Gasteiger partial charge in [-0.1, -0.05) is 45.0 Å². The molecule has 2 amide bonds. The van der Waals surface area contributed by atoms with Gasteiger partial charge in [-0.25, -0.2) is 27.9 Å². The summed E-state index contributed by atoms with van der Waals surface area (Å²) >= 11 is 0. The first-order valence-corrected chi connectivity index (χ1v) is 20.6. The molecule has 0 radical (unpaired) electrons. The van der Waals surface area contributed by atoms with Crippen LogP contribution in [0.25, 0.3) is 11.3 Å². The van der Waals surface area contributed by atoms with Crippen molar-refractivity contribution in [2.75, 3.05) is 35.9 Å². The van der Waals surface area contributed by atoms with Gasteiger partial charge in [-0.05, 0) is 75.3 Å². The van der Waals surface area contributed by atoms with E-state index in [4.69, 9.17) is 14.5 Å². The van der Waals surface area contributed by atoms with E-state index < -0.39 is 16.1 Å². The Morgan fingerprint density at radius 1 is 1.02 bits per heavy atom. The van der Waals surface area contributed by atoms with Gasteiger partial charge in [-0.15, -0.1) is 0 Å². The number of sulfonamides is 1. The summed E-state index contributed by atoms with van der Waals surface area (Å²) < 4.78 is 42.1. The summed E-state index contributed by atoms with van der Waals surface area (Å²) in [6, 6.07) is 13.2. The zero-order valence-corrected chi connectivity index (χ0v) is 33.8. The molecule has 3 aliphatic rings. The molecule has 2 aromatic carbocycles. The van der Waals surface area contributed by atoms with Crippen LogP contribution in [0.5, 0.6) is 5.88 Å². The second-order valence-corrected chi connectivity index (χ2v) is 18.2. The summed E-state index contributed by atoms with van der Waals surface area (Å²) in [6.07, 6.45) is 4.32. The number of rotatable bonds is 6. The first-order valence-electron chi connectivity index (χ1n) is 19.1. The Bertz CT molecular complexity index is 2220. The van der Waals surface area contributed by atoms with E-state index in [0.717, 1.165) is 29.7 Å². The van der Waals surface area contributed by atoms with Crippen molar-refractivity contribution in [3.05, 3.63) is 83.3 Å². The van der Waals surface area contributed by atoms with Crippen molar-refractivity contribution in [3.63, 3.8) is 0 Å². The third-order valence-corrected chi connectivity index (χ3v) is 11.8. The number of hydrogen-bond acceptors (Lipinski definition) is 11. The number of ether oxygens (including phenoxy) is 2. The summed E-state index contributed by atoms with van der Waals surface area (Å²) in [6.45, 7) is 16.0. The Labute approximate surface area is 328 Å². The average Bonchev–Trinajstić information content (AvgIpc) is 3.73. The molecule has 3 aliphatic heterocycles. The molecule has 56 heavy (non-hydrogen) atoms. The van der Waals surface area contributed by atoms with Crippen molar-refractivity contribution in [2.45, 2.75) is 90.9 Å². The third-order valence-electron chi connectivity index (χ3n) is 10.5. The summed E-state index contributed by atoms with van der Waals surface area (Å²) in [5.74, 6) is 0.601. The molecule has 0 spiro atoms. The van der Waals surface area contributed by atoms with Gasteiger partial charge in [0, 0.05) is 42.7 Å². The highest BCUT2D eigenvalue weighted by atomic mass is 32.2. The number of fused-ring (bicyclic) bond motifs is 5. The van der Waals surface area contributed by atoms with Crippen LogP contribution in [0.15, 0.2) is 65.8 Å². The van der Waals surface area contributed by atoms with Crippen molar-refractivity contribution in [2.24, 2.45) is 11.3 Å². The summed E-state index contributed by atoms with van der Waals surface area (Å²) in [5, 5.41) is 0. The molecule has 0 saturated carbocycles. The van der Waals surface area contributed by atoms with Gasteiger partial charge in [0.25, 0.3) is 15.9 Å². The fraction of sp³-hybridized carbons (Fsp3) is 0.463. The quantitative estimate of drug-likeness (QED) is 0.236. The molecule has 4 bridgehead atoms. The average molecular weight is 783 g/mol. The van der Waals surface area contributed by atoms with E-state index in [1.807, 2.05) is 45.9 Å². The largest absolute Gasteiger partial charge is 0.475 e. The number of nitrogens with one attached hydrogen (secondary N) is 1. The molecule has 1 N–H and O–H groups in total. The van der Waals surface area contributed by atoms with Gasteiger partial charge in [0.2, 0.25) is 11.8 Å².